The van der Waals surface area contributed by atoms with Crippen LogP contribution in [0.15, 0.2) is 22.5 Å². The predicted octanol–water partition coefficient (Wildman–Crippen LogP) is 1.75. The van der Waals surface area contributed by atoms with Crippen molar-refractivity contribution in [1.29, 1.82) is 0 Å². The van der Waals surface area contributed by atoms with E-state index in [1.54, 1.807) is 18.4 Å². The van der Waals surface area contributed by atoms with Crippen LogP contribution >= 0.6 is 11.3 Å². The fourth-order valence-electron chi connectivity index (χ4n) is 1.41. The van der Waals surface area contributed by atoms with Gasteiger partial charge in [-0.05, 0) is 25.3 Å². The third-order valence-electron chi connectivity index (χ3n) is 2.22. The summed E-state index contributed by atoms with van der Waals surface area (Å²) in [4.78, 5) is 16.7. The summed E-state index contributed by atoms with van der Waals surface area (Å²) in [5.74, 6) is 0.488. The van der Waals surface area contributed by atoms with Crippen molar-refractivity contribution in [1.82, 2.24) is 10.6 Å². The van der Waals surface area contributed by atoms with Gasteiger partial charge in [-0.15, -0.1) is 11.3 Å². The SMILES string of the molecule is CN=C(NCCC(=O)OC(C)C)NCc1cccs1. The molecule has 0 radical (unpaired) electrons. The van der Waals surface area contributed by atoms with E-state index in [2.05, 4.69) is 21.7 Å². The van der Waals surface area contributed by atoms with Gasteiger partial charge in [-0.2, -0.15) is 0 Å². The van der Waals surface area contributed by atoms with Crippen LogP contribution in [-0.4, -0.2) is 31.6 Å². The van der Waals surface area contributed by atoms with Crippen molar-refractivity contribution in [3.63, 3.8) is 0 Å². The van der Waals surface area contributed by atoms with Crippen LogP contribution in [0.2, 0.25) is 0 Å². The molecule has 1 aromatic heterocycles. The number of aliphatic imine (C=N–C) groups is 1. The van der Waals surface area contributed by atoms with Gasteiger partial charge in [0.15, 0.2) is 5.96 Å². The van der Waals surface area contributed by atoms with Gasteiger partial charge in [-0.3, -0.25) is 9.79 Å². The summed E-state index contributed by atoms with van der Waals surface area (Å²) in [5.41, 5.74) is 0. The van der Waals surface area contributed by atoms with E-state index in [0.29, 0.717) is 18.9 Å². The summed E-state index contributed by atoms with van der Waals surface area (Å²) in [6.45, 7) is 4.92. The Morgan fingerprint density at radius 1 is 1.47 bits per heavy atom. The molecule has 106 valence electrons. The maximum Gasteiger partial charge on any atom is 0.307 e. The van der Waals surface area contributed by atoms with E-state index in [9.17, 15) is 4.79 Å². The van der Waals surface area contributed by atoms with Crippen molar-refractivity contribution in [2.45, 2.75) is 32.9 Å². The highest BCUT2D eigenvalue weighted by molar-refractivity contribution is 7.09. The number of hydrogen-bond acceptors (Lipinski definition) is 4. The number of ether oxygens (including phenoxy) is 1. The Balaban J connectivity index is 2.20. The highest BCUT2D eigenvalue weighted by Gasteiger charge is 2.05. The number of nitrogens with zero attached hydrogens (tertiary/aromatic N) is 1. The Hall–Kier alpha value is -1.56. The monoisotopic (exact) mass is 283 g/mol. The Bertz CT molecular complexity index is 402. The van der Waals surface area contributed by atoms with E-state index in [1.165, 1.54) is 4.88 Å². The number of carbonyl (C=O) groups excluding carboxylic acids is 1. The van der Waals surface area contributed by atoms with Crippen LogP contribution in [0.25, 0.3) is 0 Å². The average molecular weight is 283 g/mol. The van der Waals surface area contributed by atoms with Gasteiger partial charge < -0.3 is 15.4 Å². The lowest BCUT2D eigenvalue weighted by atomic mass is 10.4. The smallest absolute Gasteiger partial charge is 0.307 e. The lowest BCUT2D eigenvalue weighted by molar-refractivity contribution is -0.147. The van der Waals surface area contributed by atoms with Crippen molar-refractivity contribution < 1.29 is 9.53 Å². The molecule has 0 unspecified atom stereocenters. The number of rotatable bonds is 6. The molecule has 2 N–H and O–H groups in total. The van der Waals surface area contributed by atoms with Crippen LogP contribution in [0.3, 0.4) is 0 Å². The normalized spacial score (nSPS) is 11.5. The maximum atomic E-state index is 11.3. The number of nitrogens with one attached hydrogen (secondary N) is 2. The molecule has 0 aliphatic carbocycles. The molecule has 0 bridgehead atoms. The Morgan fingerprint density at radius 3 is 2.84 bits per heavy atom. The van der Waals surface area contributed by atoms with E-state index >= 15 is 0 Å². The van der Waals surface area contributed by atoms with Gasteiger partial charge >= 0.3 is 5.97 Å². The van der Waals surface area contributed by atoms with Crippen LogP contribution in [0.1, 0.15) is 25.1 Å². The number of guanidine groups is 1. The molecule has 5 nitrogen and oxygen atoms in total. The fourth-order valence-corrected chi connectivity index (χ4v) is 2.05. The first-order valence-corrected chi connectivity index (χ1v) is 7.16. The second-order valence-corrected chi connectivity index (χ2v) is 5.25. The van der Waals surface area contributed by atoms with E-state index < -0.39 is 0 Å². The molecule has 0 saturated heterocycles. The minimum Gasteiger partial charge on any atom is -0.463 e. The topological polar surface area (TPSA) is 62.7 Å². The van der Waals surface area contributed by atoms with Crippen LogP contribution in [0, 0.1) is 0 Å². The molecule has 6 heteroatoms. The first-order chi connectivity index (χ1) is 9.11. The first kappa shape index (κ1) is 15.5. The highest BCUT2D eigenvalue weighted by atomic mass is 32.1. The molecule has 0 aliphatic heterocycles. The Morgan fingerprint density at radius 2 is 2.26 bits per heavy atom. The Labute approximate surface area is 118 Å². The van der Waals surface area contributed by atoms with Crippen molar-refractivity contribution in [3.05, 3.63) is 22.4 Å². The summed E-state index contributed by atoms with van der Waals surface area (Å²) in [6, 6.07) is 4.07. The van der Waals surface area contributed by atoms with E-state index in [1.807, 2.05) is 25.3 Å². The molecule has 0 fully saturated rings. The van der Waals surface area contributed by atoms with E-state index in [0.717, 1.165) is 6.54 Å². The average Bonchev–Trinajstić information content (AvgIpc) is 2.85. The van der Waals surface area contributed by atoms with Crippen molar-refractivity contribution in [2.24, 2.45) is 4.99 Å². The molecule has 0 spiro atoms. The molecule has 0 amide bonds. The maximum absolute atomic E-state index is 11.3. The second kappa shape index (κ2) is 8.53. The van der Waals surface area contributed by atoms with Gasteiger partial charge in [0.2, 0.25) is 0 Å². The van der Waals surface area contributed by atoms with Crippen molar-refractivity contribution >= 4 is 23.3 Å². The van der Waals surface area contributed by atoms with Gasteiger partial charge in [-0.1, -0.05) is 6.07 Å². The highest BCUT2D eigenvalue weighted by Crippen LogP contribution is 2.06. The van der Waals surface area contributed by atoms with Gasteiger partial charge in [0, 0.05) is 18.5 Å². The molecule has 19 heavy (non-hydrogen) atoms. The standard InChI is InChI=1S/C13H21N3O2S/c1-10(2)18-12(17)6-7-15-13(14-3)16-9-11-5-4-8-19-11/h4-5,8,10H,6-7,9H2,1-3H3,(H2,14,15,16). The van der Waals surface area contributed by atoms with Gasteiger partial charge in [0.1, 0.15) is 0 Å². The molecule has 0 atom stereocenters. The number of esters is 1. The fraction of sp³-hybridized carbons (Fsp3) is 0.538. The van der Waals surface area contributed by atoms with Gasteiger partial charge in [0.25, 0.3) is 0 Å². The molecular weight excluding hydrogens is 262 g/mol. The van der Waals surface area contributed by atoms with E-state index in [-0.39, 0.29) is 12.1 Å². The second-order valence-electron chi connectivity index (χ2n) is 4.22. The van der Waals surface area contributed by atoms with Crippen molar-refractivity contribution in [2.75, 3.05) is 13.6 Å². The van der Waals surface area contributed by atoms with Crippen LogP contribution < -0.4 is 10.6 Å². The lowest BCUT2D eigenvalue weighted by Crippen LogP contribution is -2.37. The third kappa shape index (κ3) is 6.81. The molecule has 1 rings (SSSR count). The number of thiophene rings is 1. The third-order valence-corrected chi connectivity index (χ3v) is 3.10. The lowest BCUT2D eigenvalue weighted by Gasteiger charge is -2.11. The minimum atomic E-state index is -0.198. The number of hydrogen-bond donors (Lipinski definition) is 2. The molecule has 1 heterocycles. The summed E-state index contributed by atoms with van der Waals surface area (Å²) in [7, 11) is 1.70. The minimum absolute atomic E-state index is 0.0660. The van der Waals surface area contributed by atoms with Crippen LogP contribution in [0.5, 0.6) is 0 Å². The zero-order chi connectivity index (χ0) is 14.1. The Kier molecular flexibility index (Phi) is 6.95. The van der Waals surface area contributed by atoms with Gasteiger partial charge in [0.05, 0.1) is 19.1 Å². The predicted molar refractivity (Wildman–Crippen MR) is 78.4 cm³/mol. The largest absolute Gasteiger partial charge is 0.463 e. The molecule has 0 saturated carbocycles. The molecule has 0 aromatic carbocycles. The quantitative estimate of drug-likeness (QED) is 0.474. The zero-order valence-corrected chi connectivity index (χ0v) is 12.4. The molecular formula is C13H21N3O2S. The summed E-state index contributed by atoms with van der Waals surface area (Å²) in [6.07, 6.45) is 0.265. The summed E-state index contributed by atoms with van der Waals surface area (Å²) >= 11 is 1.69. The first-order valence-electron chi connectivity index (χ1n) is 6.28. The van der Waals surface area contributed by atoms with Crippen LogP contribution in [-0.2, 0) is 16.1 Å². The van der Waals surface area contributed by atoms with Crippen molar-refractivity contribution in [3.8, 4) is 0 Å². The summed E-state index contributed by atoms with van der Waals surface area (Å²) < 4.78 is 5.05. The summed E-state index contributed by atoms with van der Waals surface area (Å²) in [5, 5.41) is 8.30. The molecule has 0 aliphatic rings. The van der Waals surface area contributed by atoms with E-state index in [4.69, 9.17) is 4.74 Å². The zero-order valence-electron chi connectivity index (χ0n) is 11.6. The molecule has 1 aromatic rings. The van der Waals surface area contributed by atoms with Gasteiger partial charge in [-0.25, -0.2) is 0 Å². The van der Waals surface area contributed by atoms with Crippen LogP contribution in [0.4, 0.5) is 0 Å². The number of carbonyl (C=O) groups is 1.